The molecule has 0 aromatic carbocycles. The van der Waals surface area contributed by atoms with Crippen molar-refractivity contribution in [2.75, 3.05) is 46.4 Å². The lowest BCUT2D eigenvalue weighted by Crippen LogP contribution is -2.55. The lowest BCUT2D eigenvalue weighted by atomic mass is 9.99. The molecule has 2 atom stereocenters. The molecule has 1 saturated heterocycles. The molecule has 5 heteroatoms. The minimum Gasteiger partial charge on any atom is -0.383 e. The number of nitrogens with one attached hydrogen (secondary N) is 1. The fourth-order valence-electron chi connectivity index (χ4n) is 3.14. The van der Waals surface area contributed by atoms with Crippen molar-refractivity contribution in [3.8, 4) is 0 Å². The van der Waals surface area contributed by atoms with Crippen molar-refractivity contribution in [1.29, 1.82) is 0 Å². The quantitative estimate of drug-likeness (QED) is 0.653. The number of carbonyl (C=O) groups excluding carboxylic acids is 1. The van der Waals surface area contributed by atoms with Gasteiger partial charge in [-0.15, -0.1) is 0 Å². The average Bonchev–Trinajstić information content (AvgIpc) is 2.52. The first-order valence-corrected chi connectivity index (χ1v) is 8.39. The standard InChI is InChI=1S/C16H33N3O2/c1-5-18(6-2)16(20)14(3)19-11-8-7-9-15(19)13-17-10-12-21-4/h14-15,17H,5-13H2,1-4H3. The summed E-state index contributed by atoms with van der Waals surface area (Å²) in [5.41, 5.74) is 0. The molecule has 1 aliphatic heterocycles. The normalized spacial score (nSPS) is 21.2. The maximum absolute atomic E-state index is 12.6. The van der Waals surface area contributed by atoms with Crippen LogP contribution in [0.2, 0.25) is 0 Å². The second kappa shape index (κ2) is 10.1. The molecular formula is C16H33N3O2. The minimum absolute atomic E-state index is 0.0144. The van der Waals surface area contributed by atoms with Gasteiger partial charge in [0.05, 0.1) is 12.6 Å². The monoisotopic (exact) mass is 299 g/mol. The van der Waals surface area contributed by atoms with Gasteiger partial charge in [0.1, 0.15) is 0 Å². The van der Waals surface area contributed by atoms with Gasteiger partial charge in [0.2, 0.25) is 5.91 Å². The Hall–Kier alpha value is -0.650. The number of likely N-dealkylation sites (N-methyl/N-ethyl adjacent to an activating group) is 1. The number of carbonyl (C=O) groups is 1. The summed E-state index contributed by atoms with van der Waals surface area (Å²) in [5.74, 6) is 0.267. The van der Waals surface area contributed by atoms with Crippen LogP contribution in [0, 0.1) is 0 Å². The third kappa shape index (κ3) is 5.57. The van der Waals surface area contributed by atoms with Crippen LogP contribution in [-0.4, -0.2) is 74.2 Å². The van der Waals surface area contributed by atoms with E-state index in [-0.39, 0.29) is 11.9 Å². The van der Waals surface area contributed by atoms with Crippen LogP contribution in [0.15, 0.2) is 0 Å². The fraction of sp³-hybridized carbons (Fsp3) is 0.938. The van der Waals surface area contributed by atoms with Gasteiger partial charge in [-0.25, -0.2) is 0 Å². The second-order valence-electron chi connectivity index (χ2n) is 5.77. The Morgan fingerprint density at radius 2 is 2.10 bits per heavy atom. The predicted molar refractivity (Wildman–Crippen MR) is 86.5 cm³/mol. The maximum atomic E-state index is 12.6. The highest BCUT2D eigenvalue weighted by Gasteiger charge is 2.31. The highest BCUT2D eigenvalue weighted by Crippen LogP contribution is 2.20. The summed E-state index contributed by atoms with van der Waals surface area (Å²) >= 11 is 0. The molecule has 0 aromatic heterocycles. The van der Waals surface area contributed by atoms with Crippen LogP contribution in [0.4, 0.5) is 0 Å². The maximum Gasteiger partial charge on any atom is 0.239 e. The van der Waals surface area contributed by atoms with Gasteiger partial charge in [0.15, 0.2) is 0 Å². The number of rotatable bonds is 9. The first-order valence-electron chi connectivity index (χ1n) is 8.39. The summed E-state index contributed by atoms with van der Waals surface area (Å²) in [4.78, 5) is 16.9. The van der Waals surface area contributed by atoms with Crippen LogP contribution < -0.4 is 5.32 Å². The number of likely N-dealkylation sites (tertiary alicyclic amines) is 1. The fourth-order valence-corrected chi connectivity index (χ4v) is 3.14. The molecule has 2 unspecified atom stereocenters. The summed E-state index contributed by atoms with van der Waals surface area (Å²) in [6.45, 7) is 11.3. The first-order chi connectivity index (χ1) is 10.2. The first kappa shape index (κ1) is 18.4. The van der Waals surface area contributed by atoms with Crippen molar-refractivity contribution < 1.29 is 9.53 Å². The van der Waals surface area contributed by atoms with Gasteiger partial charge >= 0.3 is 0 Å². The Kier molecular flexibility index (Phi) is 8.88. The van der Waals surface area contributed by atoms with Gasteiger partial charge in [-0.1, -0.05) is 6.42 Å². The van der Waals surface area contributed by atoms with E-state index < -0.39 is 0 Å². The lowest BCUT2D eigenvalue weighted by Gasteiger charge is -2.40. The zero-order chi connectivity index (χ0) is 15.7. The van der Waals surface area contributed by atoms with E-state index in [2.05, 4.69) is 17.1 Å². The summed E-state index contributed by atoms with van der Waals surface area (Å²) in [6, 6.07) is 0.449. The number of piperidine rings is 1. The zero-order valence-corrected chi connectivity index (χ0v) is 14.2. The van der Waals surface area contributed by atoms with Crippen molar-refractivity contribution >= 4 is 5.91 Å². The van der Waals surface area contributed by atoms with Crippen LogP contribution in [0.25, 0.3) is 0 Å². The van der Waals surface area contributed by atoms with Gasteiger partial charge < -0.3 is 15.0 Å². The lowest BCUT2D eigenvalue weighted by molar-refractivity contribution is -0.137. The van der Waals surface area contributed by atoms with E-state index in [1.165, 1.54) is 19.3 Å². The molecular weight excluding hydrogens is 266 g/mol. The number of methoxy groups -OCH3 is 1. The molecule has 124 valence electrons. The minimum atomic E-state index is -0.0144. The van der Waals surface area contributed by atoms with Crippen LogP contribution in [0.1, 0.15) is 40.0 Å². The number of amides is 1. The molecule has 1 heterocycles. The molecule has 1 aliphatic rings. The SMILES string of the molecule is CCN(CC)C(=O)C(C)N1CCCCC1CNCCOC. The molecule has 1 N–H and O–H groups in total. The van der Waals surface area contributed by atoms with Gasteiger partial charge in [-0.2, -0.15) is 0 Å². The van der Waals surface area contributed by atoms with Crippen LogP contribution in [0.3, 0.4) is 0 Å². The second-order valence-corrected chi connectivity index (χ2v) is 5.77. The van der Waals surface area contributed by atoms with E-state index in [0.717, 1.165) is 39.3 Å². The van der Waals surface area contributed by atoms with Crippen molar-refractivity contribution in [3.63, 3.8) is 0 Å². The molecule has 21 heavy (non-hydrogen) atoms. The van der Waals surface area contributed by atoms with Crippen molar-refractivity contribution in [2.24, 2.45) is 0 Å². The molecule has 0 aromatic rings. The van der Waals surface area contributed by atoms with Gasteiger partial charge in [0, 0.05) is 39.3 Å². The molecule has 0 aliphatic carbocycles. The smallest absolute Gasteiger partial charge is 0.239 e. The summed E-state index contributed by atoms with van der Waals surface area (Å²) in [7, 11) is 1.72. The number of ether oxygens (including phenoxy) is 1. The summed E-state index contributed by atoms with van der Waals surface area (Å²) in [5, 5.41) is 3.45. The zero-order valence-electron chi connectivity index (χ0n) is 14.2. The van der Waals surface area contributed by atoms with E-state index in [0.29, 0.717) is 6.04 Å². The third-order valence-electron chi connectivity index (χ3n) is 4.47. The topological polar surface area (TPSA) is 44.8 Å². The Morgan fingerprint density at radius 1 is 1.38 bits per heavy atom. The Balaban J connectivity index is 2.56. The van der Waals surface area contributed by atoms with E-state index >= 15 is 0 Å². The third-order valence-corrected chi connectivity index (χ3v) is 4.47. The Bertz CT molecular complexity index is 295. The van der Waals surface area contributed by atoms with E-state index in [4.69, 9.17) is 4.74 Å². The predicted octanol–water partition coefficient (Wildman–Crippen LogP) is 1.33. The molecule has 1 amide bonds. The largest absolute Gasteiger partial charge is 0.383 e. The van der Waals surface area contributed by atoms with E-state index in [9.17, 15) is 4.79 Å². The molecule has 1 fully saturated rings. The van der Waals surface area contributed by atoms with E-state index in [1.54, 1.807) is 7.11 Å². The highest BCUT2D eigenvalue weighted by molar-refractivity contribution is 5.81. The molecule has 0 spiro atoms. The summed E-state index contributed by atoms with van der Waals surface area (Å²) in [6.07, 6.45) is 3.64. The number of hydrogen-bond acceptors (Lipinski definition) is 4. The van der Waals surface area contributed by atoms with Gasteiger partial charge in [-0.05, 0) is 40.2 Å². The average molecular weight is 299 g/mol. The van der Waals surface area contributed by atoms with Crippen LogP contribution in [0.5, 0.6) is 0 Å². The van der Waals surface area contributed by atoms with E-state index in [1.807, 2.05) is 18.7 Å². The van der Waals surface area contributed by atoms with Crippen LogP contribution >= 0.6 is 0 Å². The Morgan fingerprint density at radius 3 is 2.71 bits per heavy atom. The van der Waals surface area contributed by atoms with Crippen molar-refractivity contribution in [1.82, 2.24) is 15.1 Å². The molecule has 1 rings (SSSR count). The summed E-state index contributed by atoms with van der Waals surface area (Å²) < 4.78 is 5.07. The number of nitrogens with zero attached hydrogens (tertiary/aromatic N) is 2. The molecule has 5 nitrogen and oxygen atoms in total. The highest BCUT2D eigenvalue weighted by atomic mass is 16.5. The molecule has 0 radical (unpaired) electrons. The molecule has 0 saturated carbocycles. The van der Waals surface area contributed by atoms with Gasteiger partial charge in [0.25, 0.3) is 0 Å². The van der Waals surface area contributed by atoms with Crippen LogP contribution in [-0.2, 0) is 9.53 Å². The Labute approximate surface area is 130 Å². The molecule has 0 bridgehead atoms. The van der Waals surface area contributed by atoms with Crippen molar-refractivity contribution in [3.05, 3.63) is 0 Å². The van der Waals surface area contributed by atoms with Crippen molar-refractivity contribution in [2.45, 2.75) is 52.1 Å². The van der Waals surface area contributed by atoms with Gasteiger partial charge in [-0.3, -0.25) is 9.69 Å². The number of hydrogen-bond donors (Lipinski definition) is 1.